The van der Waals surface area contributed by atoms with E-state index in [0.717, 1.165) is 31.5 Å². The van der Waals surface area contributed by atoms with Crippen molar-refractivity contribution in [1.29, 1.82) is 0 Å². The molecule has 1 aromatic heterocycles. The van der Waals surface area contributed by atoms with E-state index in [-0.39, 0.29) is 23.8 Å². The fourth-order valence-electron chi connectivity index (χ4n) is 2.98. The normalized spacial score (nSPS) is 13.9. The van der Waals surface area contributed by atoms with E-state index in [4.69, 9.17) is 0 Å². The summed E-state index contributed by atoms with van der Waals surface area (Å²) in [4.78, 5) is 37.7. The highest BCUT2D eigenvalue weighted by Gasteiger charge is 2.19. The van der Waals surface area contributed by atoms with Gasteiger partial charge in [-0.15, -0.1) is 0 Å². The highest BCUT2D eigenvalue weighted by Crippen LogP contribution is 2.13. The zero-order chi connectivity index (χ0) is 17.8. The number of nitrogens with zero attached hydrogens (tertiary/aromatic N) is 1. The molecular formula is C18H22N4O3. The monoisotopic (exact) mass is 342 g/mol. The second kappa shape index (κ2) is 7.38. The Labute approximate surface area is 145 Å². The van der Waals surface area contributed by atoms with Gasteiger partial charge < -0.3 is 15.3 Å². The quantitative estimate of drug-likeness (QED) is 0.759. The Morgan fingerprint density at radius 1 is 1.12 bits per heavy atom. The smallest absolute Gasteiger partial charge is 0.267 e. The lowest BCUT2D eigenvalue weighted by molar-refractivity contribution is -0.120. The summed E-state index contributed by atoms with van der Waals surface area (Å²) in [7, 11) is 0. The zero-order valence-corrected chi connectivity index (χ0v) is 14.2. The van der Waals surface area contributed by atoms with Crippen LogP contribution in [0, 0.1) is 6.92 Å². The summed E-state index contributed by atoms with van der Waals surface area (Å²) in [6, 6.07) is 7.28. The predicted octanol–water partition coefficient (Wildman–Crippen LogP) is 1.11. The number of aryl methyl sites for hydroxylation is 1. The third-order valence-electron chi connectivity index (χ3n) is 4.51. The summed E-state index contributed by atoms with van der Waals surface area (Å²) in [6.45, 7) is 3.76. The molecule has 0 bridgehead atoms. The molecule has 7 heteroatoms. The van der Waals surface area contributed by atoms with Crippen LogP contribution < -0.4 is 10.9 Å². The van der Waals surface area contributed by atoms with Crippen molar-refractivity contribution in [3.63, 3.8) is 0 Å². The minimum absolute atomic E-state index is 0.0379. The number of likely N-dealkylation sites (tertiary alicyclic amines) is 1. The molecule has 2 amide bonds. The van der Waals surface area contributed by atoms with Crippen molar-refractivity contribution in [1.82, 2.24) is 20.4 Å². The number of amides is 2. The standard InChI is InChI=1S/C18H22N4O3/c1-12-15(17(24)21-20-12)10-16(23)19-11-13-4-6-14(7-5-13)18(25)22-8-2-3-9-22/h4-7H,2-3,8-11H2,1H3,(H,19,23)(H2,20,21,24). The Kier molecular flexibility index (Phi) is 5.02. The number of aromatic nitrogens is 2. The first-order valence-electron chi connectivity index (χ1n) is 8.45. The van der Waals surface area contributed by atoms with E-state index in [2.05, 4.69) is 15.5 Å². The van der Waals surface area contributed by atoms with Crippen molar-refractivity contribution in [2.24, 2.45) is 0 Å². The summed E-state index contributed by atoms with van der Waals surface area (Å²) < 4.78 is 0. The Morgan fingerprint density at radius 3 is 2.40 bits per heavy atom. The minimum Gasteiger partial charge on any atom is -0.352 e. The van der Waals surface area contributed by atoms with Gasteiger partial charge in [0.15, 0.2) is 0 Å². The maximum absolute atomic E-state index is 12.3. The number of H-pyrrole nitrogens is 2. The molecule has 1 fully saturated rings. The van der Waals surface area contributed by atoms with Gasteiger partial charge in [0, 0.05) is 36.5 Å². The van der Waals surface area contributed by atoms with Gasteiger partial charge >= 0.3 is 0 Å². The Bertz CT molecular complexity index is 814. The number of aromatic amines is 2. The summed E-state index contributed by atoms with van der Waals surface area (Å²) in [5, 5.41) is 7.96. The lowest BCUT2D eigenvalue weighted by Gasteiger charge is -2.15. The molecular weight excluding hydrogens is 320 g/mol. The molecule has 132 valence electrons. The van der Waals surface area contributed by atoms with Gasteiger partial charge in [0.2, 0.25) is 5.91 Å². The number of hydrogen-bond acceptors (Lipinski definition) is 3. The van der Waals surface area contributed by atoms with Gasteiger partial charge in [0.25, 0.3) is 11.5 Å². The average molecular weight is 342 g/mol. The fraction of sp³-hybridized carbons (Fsp3) is 0.389. The van der Waals surface area contributed by atoms with Crippen LogP contribution in [0.1, 0.15) is 40.0 Å². The molecule has 2 aromatic rings. The van der Waals surface area contributed by atoms with E-state index >= 15 is 0 Å². The van der Waals surface area contributed by atoms with Crippen LogP contribution in [0.3, 0.4) is 0 Å². The highest BCUT2D eigenvalue weighted by atomic mass is 16.2. The number of carbonyl (C=O) groups excluding carboxylic acids is 2. The van der Waals surface area contributed by atoms with Gasteiger partial charge in [-0.25, -0.2) is 0 Å². The third kappa shape index (κ3) is 3.99. The van der Waals surface area contributed by atoms with Crippen LogP contribution in [0.2, 0.25) is 0 Å². The van der Waals surface area contributed by atoms with Crippen LogP contribution in [-0.4, -0.2) is 40.0 Å². The van der Waals surface area contributed by atoms with Crippen LogP contribution in [-0.2, 0) is 17.8 Å². The molecule has 0 aliphatic carbocycles. The molecule has 0 spiro atoms. The van der Waals surface area contributed by atoms with Crippen LogP contribution in [0.15, 0.2) is 29.1 Å². The molecule has 0 unspecified atom stereocenters. The molecule has 0 radical (unpaired) electrons. The first kappa shape index (κ1) is 17.0. The second-order valence-electron chi connectivity index (χ2n) is 6.33. The van der Waals surface area contributed by atoms with Crippen molar-refractivity contribution in [3.05, 3.63) is 57.0 Å². The first-order valence-corrected chi connectivity index (χ1v) is 8.45. The molecule has 3 N–H and O–H groups in total. The Hall–Kier alpha value is -2.83. The number of benzene rings is 1. The molecule has 1 aliphatic heterocycles. The molecule has 3 rings (SSSR count). The summed E-state index contributed by atoms with van der Waals surface area (Å²) in [5.74, 6) is -0.152. The van der Waals surface area contributed by atoms with E-state index < -0.39 is 0 Å². The van der Waals surface area contributed by atoms with Crippen molar-refractivity contribution in [3.8, 4) is 0 Å². The van der Waals surface area contributed by atoms with Gasteiger partial charge in [-0.1, -0.05) is 12.1 Å². The van der Waals surface area contributed by atoms with Gasteiger partial charge in [-0.05, 0) is 37.5 Å². The van der Waals surface area contributed by atoms with Crippen molar-refractivity contribution in [2.75, 3.05) is 13.1 Å². The van der Waals surface area contributed by atoms with Gasteiger partial charge in [-0.2, -0.15) is 0 Å². The van der Waals surface area contributed by atoms with Gasteiger partial charge in [-0.3, -0.25) is 19.5 Å². The average Bonchev–Trinajstić information content (AvgIpc) is 3.26. The first-order chi connectivity index (χ1) is 12.0. The SMILES string of the molecule is Cc1[nH][nH]c(=O)c1CC(=O)NCc1ccc(C(=O)N2CCCC2)cc1. The topological polar surface area (TPSA) is 98.1 Å². The van der Waals surface area contributed by atoms with E-state index in [1.807, 2.05) is 17.0 Å². The van der Waals surface area contributed by atoms with E-state index in [1.165, 1.54) is 0 Å². The second-order valence-corrected chi connectivity index (χ2v) is 6.33. The van der Waals surface area contributed by atoms with E-state index in [9.17, 15) is 14.4 Å². The third-order valence-corrected chi connectivity index (χ3v) is 4.51. The van der Waals surface area contributed by atoms with Crippen LogP contribution in [0.4, 0.5) is 0 Å². The number of rotatable bonds is 5. The highest BCUT2D eigenvalue weighted by molar-refractivity contribution is 5.94. The number of nitrogens with one attached hydrogen (secondary N) is 3. The summed E-state index contributed by atoms with van der Waals surface area (Å²) in [5.41, 5.74) is 2.43. The maximum atomic E-state index is 12.3. The molecule has 25 heavy (non-hydrogen) atoms. The van der Waals surface area contributed by atoms with E-state index in [1.54, 1.807) is 19.1 Å². The van der Waals surface area contributed by atoms with Crippen molar-refractivity contribution < 1.29 is 9.59 Å². The Morgan fingerprint density at radius 2 is 1.80 bits per heavy atom. The number of carbonyl (C=O) groups is 2. The van der Waals surface area contributed by atoms with E-state index in [0.29, 0.717) is 23.4 Å². The zero-order valence-electron chi connectivity index (χ0n) is 14.2. The van der Waals surface area contributed by atoms with Gasteiger partial charge in [0.1, 0.15) is 0 Å². The lowest BCUT2D eigenvalue weighted by Crippen LogP contribution is -2.28. The molecule has 1 aliphatic rings. The van der Waals surface area contributed by atoms with Crippen molar-refractivity contribution >= 4 is 11.8 Å². The largest absolute Gasteiger partial charge is 0.352 e. The summed E-state index contributed by atoms with van der Waals surface area (Å²) in [6.07, 6.45) is 2.18. The molecule has 0 atom stereocenters. The van der Waals surface area contributed by atoms with Crippen LogP contribution in [0.5, 0.6) is 0 Å². The fourth-order valence-corrected chi connectivity index (χ4v) is 2.98. The van der Waals surface area contributed by atoms with Crippen molar-refractivity contribution in [2.45, 2.75) is 32.7 Å². The number of hydrogen-bond donors (Lipinski definition) is 3. The predicted molar refractivity (Wildman–Crippen MR) is 93.3 cm³/mol. The Balaban J connectivity index is 1.54. The summed E-state index contributed by atoms with van der Waals surface area (Å²) >= 11 is 0. The maximum Gasteiger partial charge on any atom is 0.267 e. The molecule has 1 aromatic carbocycles. The minimum atomic E-state index is -0.266. The molecule has 7 nitrogen and oxygen atoms in total. The lowest BCUT2D eigenvalue weighted by atomic mass is 10.1. The van der Waals surface area contributed by atoms with Crippen LogP contribution in [0.25, 0.3) is 0 Å². The molecule has 1 saturated heterocycles. The molecule has 0 saturated carbocycles. The van der Waals surface area contributed by atoms with Crippen LogP contribution >= 0.6 is 0 Å². The molecule has 2 heterocycles. The van der Waals surface area contributed by atoms with Gasteiger partial charge in [0.05, 0.1) is 6.42 Å².